The summed E-state index contributed by atoms with van der Waals surface area (Å²) < 4.78 is 57.2. The number of anilines is 1. The minimum atomic E-state index is -4.42. The van der Waals surface area contributed by atoms with E-state index >= 15 is 0 Å². The van der Waals surface area contributed by atoms with E-state index in [0.29, 0.717) is 52.3 Å². The molecule has 2 aliphatic carbocycles. The van der Waals surface area contributed by atoms with Crippen LogP contribution in [0.5, 0.6) is 5.75 Å². The number of esters is 1. The van der Waals surface area contributed by atoms with Gasteiger partial charge in [-0.1, -0.05) is 55.8 Å². The zero-order valence-corrected chi connectivity index (χ0v) is 39.2. The Morgan fingerprint density at radius 3 is 2.44 bits per heavy atom. The van der Waals surface area contributed by atoms with Crippen molar-refractivity contribution in [2.24, 2.45) is 11.8 Å². The van der Waals surface area contributed by atoms with Crippen LogP contribution in [0.1, 0.15) is 121 Å². The summed E-state index contributed by atoms with van der Waals surface area (Å²) in [4.78, 5) is 66.5. The largest absolute Gasteiger partial charge is 0.488 e. The van der Waals surface area contributed by atoms with Crippen LogP contribution < -0.4 is 10.1 Å². The number of hydrogen-bond acceptors (Lipinski definition) is 10. The van der Waals surface area contributed by atoms with Crippen molar-refractivity contribution in [1.29, 1.82) is 0 Å². The van der Waals surface area contributed by atoms with Gasteiger partial charge in [-0.15, -0.1) is 11.3 Å². The number of ketones is 1. The normalized spacial score (nSPS) is 25.7. The monoisotopic (exact) mass is 938 g/mol. The van der Waals surface area contributed by atoms with Gasteiger partial charge in [0.2, 0.25) is 13.3 Å². The lowest BCUT2D eigenvalue weighted by Gasteiger charge is -2.30. The van der Waals surface area contributed by atoms with Gasteiger partial charge in [-0.05, 0) is 95.4 Å². The molecule has 4 heterocycles. The second-order valence-electron chi connectivity index (χ2n) is 18.8. The molecule has 2 aliphatic heterocycles. The number of ether oxygens (including phenoxy) is 2. The molecule has 2 saturated carbocycles. The number of Topliss-reactive ketones (excluding diaryl/α,β-unsaturated/α-hetero) is 1. The third kappa shape index (κ3) is 10.1. The highest BCUT2D eigenvalue weighted by Gasteiger charge is 2.66. The van der Waals surface area contributed by atoms with Crippen LogP contribution >= 0.6 is 30.3 Å². The molecule has 1 unspecified atom stereocenters. The minimum absolute atomic E-state index is 0.00889. The van der Waals surface area contributed by atoms with Crippen molar-refractivity contribution in [1.82, 2.24) is 14.9 Å². The maximum absolute atomic E-state index is 15.0. The first-order valence-corrected chi connectivity index (χ1v) is 26.0. The lowest BCUT2D eigenvalue weighted by atomic mass is 9.94. The summed E-state index contributed by atoms with van der Waals surface area (Å²) in [5.74, 6) is -3.67. The molecule has 0 radical (unpaired) electrons. The molecule has 344 valence electrons. The lowest BCUT2D eigenvalue weighted by Crippen LogP contribution is -2.45. The third-order valence-corrected chi connectivity index (χ3v) is 17.8. The summed E-state index contributed by atoms with van der Waals surface area (Å²) in [7, 11) is -4.42. The Morgan fingerprint density at radius 2 is 1.70 bits per heavy atom. The third-order valence-electron chi connectivity index (χ3n) is 13.7. The molecular formula is C48H58ClF2N4O7PS. The van der Waals surface area contributed by atoms with Gasteiger partial charge in [-0.3, -0.25) is 18.9 Å². The molecule has 11 nitrogen and oxygen atoms in total. The molecule has 16 heteroatoms. The average molecular weight is 940 g/mol. The van der Waals surface area contributed by atoms with Crippen LogP contribution in [0.2, 0.25) is 5.02 Å². The molecule has 0 spiro atoms. The van der Waals surface area contributed by atoms with Gasteiger partial charge in [-0.2, -0.15) is 0 Å². The molecule has 4 fully saturated rings. The molecule has 2 N–H and O–H groups in total. The fourth-order valence-corrected chi connectivity index (χ4v) is 13.9. The van der Waals surface area contributed by atoms with Crippen LogP contribution in [-0.4, -0.2) is 73.4 Å². The number of benzene rings is 2. The number of nitrogens with zero attached hydrogens (tertiary/aromatic N) is 3. The van der Waals surface area contributed by atoms with Crippen molar-refractivity contribution in [3.8, 4) is 17.1 Å². The number of aryl methyl sites for hydroxylation is 1. The van der Waals surface area contributed by atoms with Crippen molar-refractivity contribution >= 4 is 64.0 Å². The molecule has 2 aromatic carbocycles. The molecule has 0 bridgehead atoms. The topological polar surface area (TPSA) is 148 Å². The molecule has 4 aliphatic rings. The fourth-order valence-electron chi connectivity index (χ4n) is 10.2. The highest BCUT2D eigenvalue weighted by atomic mass is 35.5. The number of halogens is 3. The van der Waals surface area contributed by atoms with Gasteiger partial charge < -0.3 is 24.6 Å². The van der Waals surface area contributed by atoms with E-state index in [4.69, 9.17) is 31.0 Å². The number of nitrogens with one attached hydrogen (secondary N) is 1. The van der Waals surface area contributed by atoms with Crippen LogP contribution in [0, 0.1) is 30.4 Å². The van der Waals surface area contributed by atoms with E-state index in [1.165, 1.54) is 22.3 Å². The van der Waals surface area contributed by atoms with E-state index in [1.54, 1.807) is 6.07 Å². The van der Waals surface area contributed by atoms with Gasteiger partial charge in [0.25, 0.3) is 0 Å². The molecule has 2 saturated heterocycles. The number of carbonyl (C=O) groups excluding carboxylic acids is 3. The second kappa shape index (κ2) is 19.5. The van der Waals surface area contributed by atoms with Gasteiger partial charge in [-0.25, -0.2) is 18.7 Å². The summed E-state index contributed by atoms with van der Waals surface area (Å²) in [5, 5.41) is 5.63. The smallest absolute Gasteiger partial charge is 0.306 e. The van der Waals surface area contributed by atoms with E-state index in [0.717, 1.165) is 74.2 Å². The SMILES string of the molecule is Cc1ccc2c(O[C@H]3C[C@H]4C(=O)C[C@]5(P(=O)(O)Cc6c(F)cccc6F)C[C@H]5CCCCCCC[C@H](CC(=O)OC5CCCC5)C(=O)N4C3)cc(-c3csc(NC(C)C)n3)nc2c1Cl. The Labute approximate surface area is 382 Å². The quantitative estimate of drug-likeness (QED) is 0.110. The maximum atomic E-state index is 15.0. The Bertz CT molecular complexity index is 2430. The van der Waals surface area contributed by atoms with Gasteiger partial charge in [0.15, 0.2) is 10.9 Å². The van der Waals surface area contributed by atoms with Crippen molar-refractivity contribution in [2.75, 3.05) is 11.9 Å². The van der Waals surface area contributed by atoms with Gasteiger partial charge in [0, 0.05) is 47.2 Å². The predicted molar refractivity (Wildman–Crippen MR) is 245 cm³/mol. The van der Waals surface area contributed by atoms with Crippen LogP contribution in [0.4, 0.5) is 13.9 Å². The second-order valence-corrected chi connectivity index (χ2v) is 22.6. The minimum Gasteiger partial charge on any atom is -0.488 e. The van der Waals surface area contributed by atoms with Crippen LogP contribution in [0.3, 0.4) is 0 Å². The van der Waals surface area contributed by atoms with E-state index in [9.17, 15) is 32.6 Å². The number of amides is 1. The van der Waals surface area contributed by atoms with Crippen LogP contribution in [0.15, 0.2) is 41.8 Å². The maximum Gasteiger partial charge on any atom is 0.306 e. The number of fused-ring (bicyclic) bond motifs is 3. The fraction of sp³-hybridized carbons (Fsp3) is 0.562. The number of pyridine rings is 1. The summed E-state index contributed by atoms with van der Waals surface area (Å²) in [5.41, 5.74) is 1.99. The van der Waals surface area contributed by atoms with Gasteiger partial charge in [0.05, 0.1) is 46.6 Å². The number of thiazole rings is 1. The van der Waals surface area contributed by atoms with E-state index < -0.39 is 65.7 Å². The zero-order valence-electron chi connectivity index (χ0n) is 36.8. The van der Waals surface area contributed by atoms with E-state index in [1.807, 2.05) is 38.3 Å². The molecular weight excluding hydrogens is 881 g/mol. The molecule has 4 aromatic rings. The summed E-state index contributed by atoms with van der Waals surface area (Å²) in [6.07, 6.45) is 6.83. The van der Waals surface area contributed by atoms with Crippen molar-refractivity contribution in [2.45, 2.75) is 153 Å². The van der Waals surface area contributed by atoms with E-state index in [2.05, 4.69) is 5.32 Å². The first-order valence-electron chi connectivity index (χ1n) is 22.9. The zero-order chi connectivity index (χ0) is 45.3. The summed E-state index contributed by atoms with van der Waals surface area (Å²) >= 11 is 8.34. The Hall–Kier alpha value is -3.97. The molecule has 1 amide bonds. The summed E-state index contributed by atoms with van der Waals surface area (Å²) in [6, 6.07) is 7.98. The van der Waals surface area contributed by atoms with Crippen molar-refractivity contribution < 1.29 is 42.1 Å². The first-order chi connectivity index (χ1) is 30.6. The molecule has 2 aromatic heterocycles. The Balaban J connectivity index is 1.14. The van der Waals surface area contributed by atoms with E-state index in [-0.39, 0.29) is 56.2 Å². The number of rotatable bonds is 11. The lowest BCUT2D eigenvalue weighted by molar-refractivity contribution is -0.154. The van der Waals surface area contributed by atoms with Crippen molar-refractivity contribution in [3.63, 3.8) is 0 Å². The standard InChI is InChI=1S/C48H58ClF2N4O7PS/c1-28(2)52-47-54-39(27-64-47)38-22-42(34-19-18-29(3)44(49)45(34)53-38)61-33-21-40-41(56)24-48(63(59,60)26-35-36(50)16-11-17-37(35)51)23-31(48)13-8-6-4-5-7-12-30(46(58)55(40)25-33)20-43(57)62-32-14-9-10-15-32/h11,16-19,22,27-28,30-33,40H,4-10,12-15,20-21,23-26H2,1-3H3,(H,52,54)(H,59,60)/t30-,31-,33+,40+,48-/m1/s1. The van der Waals surface area contributed by atoms with Gasteiger partial charge in [0.1, 0.15) is 35.3 Å². The van der Waals surface area contributed by atoms with Crippen molar-refractivity contribution in [3.05, 3.63) is 69.6 Å². The first kappa shape index (κ1) is 46.6. The Morgan fingerprint density at radius 1 is 1.00 bits per heavy atom. The molecule has 64 heavy (non-hydrogen) atoms. The Kier molecular flexibility index (Phi) is 14.2. The van der Waals surface area contributed by atoms with Crippen LogP contribution in [-0.2, 0) is 29.8 Å². The highest BCUT2D eigenvalue weighted by molar-refractivity contribution is 7.59. The number of aromatic nitrogens is 2. The predicted octanol–water partition coefficient (Wildman–Crippen LogP) is 11.2. The molecule has 8 rings (SSSR count). The summed E-state index contributed by atoms with van der Waals surface area (Å²) in [6.45, 7) is 5.95. The highest BCUT2D eigenvalue weighted by Crippen LogP contribution is 2.75. The number of hydrogen-bond donors (Lipinski definition) is 2. The molecule has 6 atom stereocenters. The van der Waals surface area contributed by atoms with Gasteiger partial charge >= 0.3 is 5.97 Å². The van der Waals surface area contributed by atoms with Crippen LogP contribution in [0.25, 0.3) is 22.3 Å². The number of carbonyl (C=O) groups is 3. The average Bonchev–Trinajstić information content (AvgIpc) is 3.66.